The number of benzene rings is 2. The molecule has 1 aromatic heterocycles. The summed E-state index contributed by atoms with van der Waals surface area (Å²) in [5, 5.41) is 1.93. The molecule has 3 rings (SSSR count). The maximum atomic E-state index is 13.8. The molecule has 2 nitrogen and oxygen atoms in total. The third-order valence-corrected chi connectivity index (χ3v) is 4.18. The number of para-hydroxylation sites is 1. The van der Waals surface area contributed by atoms with E-state index >= 15 is 0 Å². The Kier molecular flexibility index (Phi) is 4.48. The number of aromatic nitrogens is 1. The van der Waals surface area contributed by atoms with Crippen molar-refractivity contribution in [3.63, 3.8) is 0 Å². The van der Waals surface area contributed by atoms with E-state index in [-0.39, 0.29) is 17.3 Å². The highest BCUT2D eigenvalue weighted by atomic mass is 32.1. The lowest BCUT2D eigenvalue weighted by molar-refractivity contribution is 0.627. The van der Waals surface area contributed by atoms with Gasteiger partial charge in [0.05, 0.1) is 5.69 Å². The molecule has 23 heavy (non-hydrogen) atoms. The quantitative estimate of drug-likeness (QED) is 0.605. The summed E-state index contributed by atoms with van der Waals surface area (Å²) in [6.45, 7) is 4.29. The van der Waals surface area contributed by atoms with E-state index in [0.29, 0.717) is 11.3 Å². The molecular formula is C18H14F2N2S. The van der Waals surface area contributed by atoms with Gasteiger partial charge in [-0.25, -0.2) is 13.8 Å². The Hall–Kier alpha value is -2.53. The normalized spacial score (nSPS) is 11.7. The number of allylic oxidation sites excluding steroid dienone is 1. The largest absolute Gasteiger partial charge is 0.313 e. The molecule has 0 aliphatic heterocycles. The van der Waals surface area contributed by atoms with Gasteiger partial charge in [-0.05, 0) is 42.0 Å². The predicted octanol–water partition coefficient (Wildman–Crippen LogP) is 4.91. The fraction of sp³-hybridized carbons (Fsp3) is 0.0556. The van der Waals surface area contributed by atoms with E-state index in [9.17, 15) is 8.78 Å². The van der Waals surface area contributed by atoms with E-state index in [1.54, 1.807) is 36.4 Å². The molecule has 0 saturated heterocycles. The van der Waals surface area contributed by atoms with E-state index in [2.05, 4.69) is 11.6 Å². The molecule has 0 atom stereocenters. The van der Waals surface area contributed by atoms with E-state index in [0.717, 1.165) is 11.3 Å². The van der Waals surface area contributed by atoms with Gasteiger partial charge >= 0.3 is 0 Å². The third-order valence-electron chi connectivity index (χ3n) is 3.32. The zero-order valence-corrected chi connectivity index (χ0v) is 13.1. The maximum Gasteiger partial charge on any atom is 0.190 e. The average molecular weight is 328 g/mol. The molecule has 3 aromatic rings. The summed E-state index contributed by atoms with van der Waals surface area (Å²) in [5.74, 6) is -0.648. The number of thiazole rings is 1. The van der Waals surface area contributed by atoms with E-state index < -0.39 is 0 Å². The summed E-state index contributed by atoms with van der Waals surface area (Å²) >= 11 is 1.41. The van der Waals surface area contributed by atoms with Crippen LogP contribution in [0.25, 0.3) is 11.3 Å². The van der Waals surface area contributed by atoms with Crippen LogP contribution in [0.4, 0.5) is 14.5 Å². The van der Waals surface area contributed by atoms with Crippen LogP contribution in [0.15, 0.2) is 71.6 Å². The number of hydrogen-bond donors (Lipinski definition) is 0. The van der Waals surface area contributed by atoms with Crippen molar-refractivity contribution >= 4 is 17.0 Å². The number of halogens is 2. The molecule has 1 heterocycles. The van der Waals surface area contributed by atoms with Crippen LogP contribution >= 0.6 is 11.3 Å². The average Bonchev–Trinajstić information content (AvgIpc) is 2.94. The van der Waals surface area contributed by atoms with Crippen LogP contribution in [-0.2, 0) is 6.54 Å². The number of nitrogens with zero attached hydrogens (tertiary/aromatic N) is 2. The molecule has 0 amide bonds. The van der Waals surface area contributed by atoms with Gasteiger partial charge in [0.1, 0.15) is 17.3 Å². The van der Waals surface area contributed by atoms with Gasteiger partial charge in [-0.3, -0.25) is 0 Å². The summed E-state index contributed by atoms with van der Waals surface area (Å²) in [7, 11) is 0. The monoisotopic (exact) mass is 328 g/mol. The molecule has 116 valence electrons. The molecule has 0 saturated carbocycles. The molecule has 0 spiro atoms. The van der Waals surface area contributed by atoms with Gasteiger partial charge in [0.2, 0.25) is 0 Å². The fourth-order valence-electron chi connectivity index (χ4n) is 2.22. The van der Waals surface area contributed by atoms with Crippen LogP contribution in [0.1, 0.15) is 0 Å². The van der Waals surface area contributed by atoms with Crippen LogP contribution in [-0.4, -0.2) is 4.57 Å². The van der Waals surface area contributed by atoms with Gasteiger partial charge in [0.15, 0.2) is 4.80 Å². The summed E-state index contributed by atoms with van der Waals surface area (Å²) in [5.41, 5.74) is 2.06. The van der Waals surface area contributed by atoms with E-state index in [4.69, 9.17) is 0 Å². The highest BCUT2D eigenvalue weighted by molar-refractivity contribution is 7.07. The molecular weight excluding hydrogens is 314 g/mol. The van der Waals surface area contributed by atoms with Crippen molar-refractivity contribution in [1.82, 2.24) is 4.57 Å². The van der Waals surface area contributed by atoms with Gasteiger partial charge in [0.25, 0.3) is 0 Å². The van der Waals surface area contributed by atoms with Gasteiger partial charge in [0, 0.05) is 11.9 Å². The van der Waals surface area contributed by atoms with Crippen LogP contribution in [0, 0.1) is 11.6 Å². The Morgan fingerprint density at radius 3 is 2.52 bits per heavy atom. The van der Waals surface area contributed by atoms with Gasteiger partial charge in [-0.15, -0.1) is 17.9 Å². The molecule has 0 radical (unpaired) electrons. The smallest absolute Gasteiger partial charge is 0.190 e. The lowest BCUT2D eigenvalue weighted by Crippen LogP contribution is -2.14. The van der Waals surface area contributed by atoms with E-state index in [1.165, 1.54) is 29.5 Å². The molecule has 0 fully saturated rings. The van der Waals surface area contributed by atoms with Crippen molar-refractivity contribution in [3.8, 4) is 11.3 Å². The lowest BCUT2D eigenvalue weighted by atomic mass is 10.2. The van der Waals surface area contributed by atoms with Crippen LogP contribution in [0.3, 0.4) is 0 Å². The van der Waals surface area contributed by atoms with Crippen molar-refractivity contribution in [3.05, 3.63) is 83.0 Å². The van der Waals surface area contributed by atoms with Crippen molar-refractivity contribution in [2.45, 2.75) is 6.54 Å². The SMILES string of the molecule is C=CCn1c(-c2ccc(F)cc2)csc1=Nc1ccccc1F. The molecule has 5 heteroatoms. The first-order valence-electron chi connectivity index (χ1n) is 7.03. The number of hydrogen-bond acceptors (Lipinski definition) is 2. The molecule has 0 unspecified atom stereocenters. The van der Waals surface area contributed by atoms with Crippen LogP contribution < -0.4 is 4.80 Å². The van der Waals surface area contributed by atoms with Crippen molar-refractivity contribution in [2.75, 3.05) is 0 Å². The van der Waals surface area contributed by atoms with Gasteiger partial charge in [-0.1, -0.05) is 18.2 Å². The summed E-state index contributed by atoms with van der Waals surface area (Å²) in [6.07, 6.45) is 1.75. The Labute approximate surface area is 136 Å². The zero-order chi connectivity index (χ0) is 16.2. The Morgan fingerprint density at radius 2 is 1.83 bits per heavy atom. The molecule has 0 aliphatic carbocycles. The minimum Gasteiger partial charge on any atom is -0.313 e. The Morgan fingerprint density at radius 1 is 1.09 bits per heavy atom. The second kappa shape index (κ2) is 6.71. The van der Waals surface area contributed by atoms with E-state index in [1.807, 2.05) is 9.95 Å². The molecule has 0 aliphatic rings. The maximum absolute atomic E-state index is 13.8. The topological polar surface area (TPSA) is 17.3 Å². The second-order valence-corrected chi connectivity index (χ2v) is 5.71. The van der Waals surface area contributed by atoms with Gasteiger partial charge in [-0.2, -0.15) is 0 Å². The highest BCUT2D eigenvalue weighted by Crippen LogP contribution is 2.22. The molecule has 0 bridgehead atoms. The first-order valence-corrected chi connectivity index (χ1v) is 7.91. The van der Waals surface area contributed by atoms with Crippen molar-refractivity contribution in [1.29, 1.82) is 0 Å². The molecule has 2 aromatic carbocycles. The molecule has 0 N–H and O–H groups in total. The number of rotatable bonds is 4. The highest BCUT2D eigenvalue weighted by Gasteiger charge is 2.08. The predicted molar refractivity (Wildman–Crippen MR) is 89.5 cm³/mol. The lowest BCUT2D eigenvalue weighted by Gasteiger charge is -2.06. The standard InChI is InChI=1S/C18H14F2N2S/c1-2-11-22-17(13-7-9-14(19)10-8-13)12-23-18(22)21-16-6-4-3-5-15(16)20/h2-10,12H,1,11H2. The second-order valence-electron chi connectivity index (χ2n) is 4.87. The Balaban J connectivity index is 2.14. The van der Waals surface area contributed by atoms with Crippen LogP contribution in [0.5, 0.6) is 0 Å². The minimum absolute atomic E-state index is 0.282. The Bertz CT molecular complexity index is 892. The van der Waals surface area contributed by atoms with Crippen LogP contribution in [0.2, 0.25) is 0 Å². The third kappa shape index (κ3) is 3.29. The van der Waals surface area contributed by atoms with Crippen molar-refractivity contribution < 1.29 is 8.78 Å². The fourth-order valence-corrected chi connectivity index (χ4v) is 3.15. The zero-order valence-electron chi connectivity index (χ0n) is 12.2. The summed E-state index contributed by atoms with van der Waals surface area (Å²) in [6, 6.07) is 12.6. The summed E-state index contributed by atoms with van der Waals surface area (Å²) < 4.78 is 28.8. The first-order chi connectivity index (χ1) is 11.2. The van der Waals surface area contributed by atoms with Gasteiger partial charge < -0.3 is 4.57 Å². The minimum atomic E-state index is -0.366. The summed E-state index contributed by atoms with van der Waals surface area (Å²) in [4.78, 5) is 5.07. The van der Waals surface area contributed by atoms with Crippen molar-refractivity contribution in [2.24, 2.45) is 4.99 Å². The first kappa shape index (κ1) is 15.4.